The van der Waals surface area contributed by atoms with E-state index < -0.39 is 5.97 Å². The van der Waals surface area contributed by atoms with Crippen LogP contribution in [0, 0.1) is 11.3 Å². The van der Waals surface area contributed by atoms with Gasteiger partial charge in [-0.05, 0) is 49.1 Å². The monoisotopic (exact) mass is 282 g/mol. The molecule has 0 amide bonds. The number of pyridine rings is 1. The lowest BCUT2D eigenvalue weighted by Crippen LogP contribution is -2.18. The van der Waals surface area contributed by atoms with Gasteiger partial charge in [0.1, 0.15) is 0 Å². The average Bonchev–Trinajstić information content (AvgIpc) is 3.37. The Morgan fingerprint density at radius 3 is 2.76 bits per heavy atom. The number of para-hydroxylation sites is 1. The summed E-state index contributed by atoms with van der Waals surface area (Å²) >= 11 is 0. The van der Waals surface area contributed by atoms with E-state index in [0.717, 1.165) is 29.1 Å². The van der Waals surface area contributed by atoms with Gasteiger partial charge in [-0.2, -0.15) is 0 Å². The van der Waals surface area contributed by atoms with Gasteiger partial charge in [0, 0.05) is 17.6 Å². The molecule has 0 aliphatic heterocycles. The zero-order valence-electron chi connectivity index (χ0n) is 11.8. The van der Waals surface area contributed by atoms with E-state index in [1.165, 1.54) is 25.7 Å². The van der Waals surface area contributed by atoms with E-state index in [0.29, 0.717) is 5.41 Å². The van der Waals surface area contributed by atoms with Gasteiger partial charge >= 0.3 is 5.97 Å². The molecule has 1 aromatic carbocycles. The van der Waals surface area contributed by atoms with Crippen molar-refractivity contribution in [3.8, 4) is 0 Å². The molecule has 4 nitrogen and oxygen atoms in total. The van der Waals surface area contributed by atoms with Gasteiger partial charge in [0.15, 0.2) is 5.69 Å². The second-order valence-electron chi connectivity index (χ2n) is 6.37. The standard InChI is InChI=1S/C17H18N2O2/c20-16(21)15-9-14(12-3-1-2-4-13(12)19-15)18-10-17(7-8-17)11-5-6-11/h1-4,9,11H,5-8,10H2,(H,18,19)(H,20,21). The normalized spacial score (nSPS) is 19.4. The molecule has 2 saturated carbocycles. The van der Waals surface area contributed by atoms with Crippen LogP contribution in [0.1, 0.15) is 36.2 Å². The number of aromatic carboxylic acids is 1. The van der Waals surface area contributed by atoms with Gasteiger partial charge in [-0.15, -0.1) is 0 Å². The molecule has 1 heterocycles. The fraction of sp³-hybridized carbons (Fsp3) is 0.412. The second-order valence-corrected chi connectivity index (χ2v) is 6.37. The Balaban J connectivity index is 1.67. The van der Waals surface area contributed by atoms with E-state index in [1.807, 2.05) is 24.3 Å². The zero-order chi connectivity index (χ0) is 14.4. The minimum absolute atomic E-state index is 0.104. The van der Waals surface area contributed by atoms with Crippen molar-refractivity contribution < 1.29 is 9.90 Å². The van der Waals surface area contributed by atoms with E-state index in [9.17, 15) is 9.90 Å². The lowest BCUT2D eigenvalue weighted by molar-refractivity contribution is 0.0691. The van der Waals surface area contributed by atoms with Crippen LogP contribution in [0.3, 0.4) is 0 Å². The molecule has 2 fully saturated rings. The first-order valence-electron chi connectivity index (χ1n) is 7.55. The fourth-order valence-corrected chi connectivity index (χ4v) is 3.29. The molecule has 0 atom stereocenters. The lowest BCUT2D eigenvalue weighted by atomic mass is 10.0. The average molecular weight is 282 g/mol. The number of rotatable bonds is 5. The van der Waals surface area contributed by atoms with Crippen molar-refractivity contribution in [2.24, 2.45) is 11.3 Å². The summed E-state index contributed by atoms with van der Waals surface area (Å²) in [6, 6.07) is 9.36. The van der Waals surface area contributed by atoms with Gasteiger partial charge in [-0.25, -0.2) is 9.78 Å². The highest BCUT2D eigenvalue weighted by Crippen LogP contribution is 2.61. The topological polar surface area (TPSA) is 62.2 Å². The van der Waals surface area contributed by atoms with Crippen LogP contribution in [0.15, 0.2) is 30.3 Å². The van der Waals surface area contributed by atoms with Gasteiger partial charge in [0.25, 0.3) is 0 Å². The molecule has 0 radical (unpaired) electrons. The van der Waals surface area contributed by atoms with Crippen molar-refractivity contribution in [3.63, 3.8) is 0 Å². The molecule has 0 bridgehead atoms. The molecule has 2 aromatic rings. The Morgan fingerprint density at radius 1 is 1.33 bits per heavy atom. The molecule has 1 aromatic heterocycles. The van der Waals surface area contributed by atoms with Gasteiger partial charge in [0.2, 0.25) is 0 Å². The maximum Gasteiger partial charge on any atom is 0.354 e. The summed E-state index contributed by atoms with van der Waals surface area (Å²) in [6.07, 6.45) is 5.33. The lowest BCUT2D eigenvalue weighted by Gasteiger charge is -2.17. The van der Waals surface area contributed by atoms with E-state index in [4.69, 9.17) is 0 Å². The summed E-state index contributed by atoms with van der Waals surface area (Å²) in [5, 5.41) is 13.7. The van der Waals surface area contributed by atoms with Crippen LogP contribution in [0.5, 0.6) is 0 Å². The molecule has 2 aliphatic rings. The van der Waals surface area contributed by atoms with Crippen LogP contribution in [-0.4, -0.2) is 22.6 Å². The van der Waals surface area contributed by atoms with E-state index in [-0.39, 0.29) is 5.69 Å². The molecular formula is C17H18N2O2. The number of fused-ring (bicyclic) bond motifs is 1. The summed E-state index contributed by atoms with van der Waals surface area (Å²) in [6.45, 7) is 0.949. The Bertz CT molecular complexity index is 718. The smallest absolute Gasteiger partial charge is 0.354 e. The highest BCUT2D eigenvalue weighted by atomic mass is 16.4. The van der Waals surface area contributed by atoms with E-state index in [1.54, 1.807) is 6.07 Å². The minimum Gasteiger partial charge on any atom is -0.477 e. The Labute approximate surface area is 123 Å². The summed E-state index contributed by atoms with van der Waals surface area (Å²) in [4.78, 5) is 15.4. The van der Waals surface area contributed by atoms with Crippen molar-refractivity contribution in [3.05, 3.63) is 36.0 Å². The van der Waals surface area contributed by atoms with Gasteiger partial charge < -0.3 is 10.4 Å². The Kier molecular flexibility index (Phi) is 2.67. The Morgan fingerprint density at radius 2 is 2.10 bits per heavy atom. The third-order valence-electron chi connectivity index (χ3n) is 4.90. The third-order valence-corrected chi connectivity index (χ3v) is 4.90. The van der Waals surface area contributed by atoms with Gasteiger partial charge in [-0.1, -0.05) is 18.2 Å². The second kappa shape index (κ2) is 4.45. The first kappa shape index (κ1) is 12.6. The molecule has 21 heavy (non-hydrogen) atoms. The van der Waals surface area contributed by atoms with Gasteiger partial charge in [-0.3, -0.25) is 0 Å². The van der Waals surface area contributed by atoms with Crippen LogP contribution >= 0.6 is 0 Å². The summed E-state index contributed by atoms with van der Waals surface area (Å²) in [5.74, 6) is -0.0934. The molecule has 4 heteroatoms. The van der Waals surface area contributed by atoms with Crippen molar-refractivity contribution in [2.75, 3.05) is 11.9 Å². The van der Waals surface area contributed by atoms with Crippen LogP contribution < -0.4 is 5.32 Å². The fourth-order valence-electron chi connectivity index (χ4n) is 3.29. The Hall–Kier alpha value is -2.10. The predicted molar refractivity (Wildman–Crippen MR) is 81.6 cm³/mol. The zero-order valence-corrected chi connectivity index (χ0v) is 11.8. The summed E-state index contributed by atoms with van der Waals surface area (Å²) < 4.78 is 0. The minimum atomic E-state index is -0.980. The number of hydrogen-bond donors (Lipinski definition) is 2. The van der Waals surface area contributed by atoms with Crippen LogP contribution in [0.25, 0.3) is 10.9 Å². The molecule has 2 N–H and O–H groups in total. The molecule has 0 unspecified atom stereocenters. The molecule has 108 valence electrons. The number of benzene rings is 1. The first-order valence-corrected chi connectivity index (χ1v) is 7.55. The number of carboxylic acids is 1. The predicted octanol–water partition coefficient (Wildman–Crippen LogP) is 3.54. The quantitative estimate of drug-likeness (QED) is 0.880. The molecular weight excluding hydrogens is 264 g/mol. The third kappa shape index (κ3) is 2.24. The molecule has 0 saturated heterocycles. The molecule has 0 spiro atoms. The van der Waals surface area contributed by atoms with Crippen molar-refractivity contribution >= 4 is 22.6 Å². The van der Waals surface area contributed by atoms with E-state index in [2.05, 4.69) is 10.3 Å². The largest absolute Gasteiger partial charge is 0.477 e. The SMILES string of the molecule is O=C(O)c1cc(NCC2(C3CC3)CC2)c2ccccc2n1. The maximum atomic E-state index is 11.2. The highest BCUT2D eigenvalue weighted by molar-refractivity contribution is 5.97. The number of anilines is 1. The number of carbonyl (C=O) groups is 1. The van der Waals surface area contributed by atoms with Crippen LogP contribution in [0.4, 0.5) is 5.69 Å². The maximum absolute atomic E-state index is 11.2. The van der Waals surface area contributed by atoms with Crippen molar-refractivity contribution in [1.82, 2.24) is 4.98 Å². The number of carboxylic acid groups (broad SMARTS) is 1. The van der Waals surface area contributed by atoms with Crippen LogP contribution in [-0.2, 0) is 0 Å². The molecule has 2 aliphatic carbocycles. The summed E-state index contributed by atoms with van der Waals surface area (Å²) in [5.41, 5.74) is 2.21. The van der Waals surface area contributed by atoms with Crippen molar-refractivity contribution in [2.45, 2.75) is 25.7 Å². The van der Waals surface area contributed by atoms with Crippen molar-refractivity contribution in [1.29, 1.82) is 0 Å². The number of nitrogens with zero attached hydrogens (tertiary/aromatic N) is 1. The molecule has 4 rings (SSSR count). The number of aromatic nitrogens is 1. The van der Waals surface area contributed by atoms with E-state index >= 15 is 0 Å². The highest BCUT2D eigenvalue weighted by Gasteiger charge is 2.53. The number of nitrogens with one attached hydrogen (secondary N) is 1. The first-order chi connectivity index (χ1) is 10.2. The summed E-state index contributed by atoms with van der Waals surface area (Å²) in [7, 11) is 0. The van der Waals surface area contributed by atoms with Crippen LogP contribution in [0.2, 0.25) is 0 Å². The van der Waals surface area contributed by atoms with Gasteiger partial charge in [0.05, 0.1) is 5.52 Å². The number of hydrogen-bond acceptors (Lipinski definition) is 3.